The van der Waals surface area contributed by atoms with Gasteiger partial charge in [0, 0.05) is 6.54 Å². The standard InChI is InChI=1S/C7H16N2/c1-7(2)8-5-4-6-9(7)3/h8H,4-6H2,1-3H3. The summed E-state index contributed by atoms with van der Waals surface area (Å²) in [7, 11) is 2.16. The van der Waals surface area contributed by atoms with Crippen LogP contribution in [0.1, 0.15) is 20.3 Å². The summed E-state index contributed by atoms with van der Waals surface area (Å²) in [5.41, 5.74) is 0.220. The van der Waals surface area contributed by atoms with Gasteiger partial charge < -0.3 is 0 Å². The van der Waals surface area contributed by atoms with Crippen molar-refractivity contribution in [3.8, 4) is 0 Å². The lowest BCUT2D eigenvalue weighted by atomic mass is 10.1. The first-order valence-electron chi connectivity index (χ1n) is 3.59. The van der Waals surface area contributed by atoms with Crippen molar-refractivity contribution in [3.05, 3.63) is 0 Å². The molecule has 0 aromatic carbocycles. The highest BCUT2D eigenvalue weighted by atomic mass is 15.3. The lowest BCUT2D eigenvalue weighted by molar-refractivity contribution is 0.0857. The third-order valence-electron chi connectivity index (χ3n) is 2.18. The molecule has 2 nitrogen and oxygen atoms in total. The van der Waals surface area contributed by atoms with Crippen LogP contribution in [-0.4, -0.2) is 30.7 Å². The highest BCUT2D eigenvalue weighted by molar-refractivity contribution is 4.80. The Kier molecular flexibility index (Phi) is 1.78. The molecule has 1 aliphatic rings. The molecule has 0 amide bonds. The van der Waals surface area contributed by atoms with E-state index in [4.69, 9.17) is 0 Å². The topological polar surface area (TPSA) is 15.3 Å². The van der Waals surface area contributed by atoms with Gasteiger partial charge in [-0.1, -0.05) is 0 Å². The lowest BCUT2D eigenvalue weighted by Crippen LogP contribution is -2.57. The molecule has 1 rings (SSSR count). The molecule has 1 fully saturated rings. The molecule has 0 aliphatic carbocycles. The first-order chi connectivity index (χ1) is 4.13. The molecule has 0 aromatic rings. The van der Waals surface area contributed by atoms with Crippen LogP contribution in [0, 0.1) is 0 Å². The quantitative estimate of drug-likeness (QED) is 0.515. The van der Waals surface area contributed by atoms with Crippen LogP contribution in [0.4, 0.5) is 0 Å². The molecule has 1 heterocycles. The first kappa shape index (κ1) is 7.03. The summed E-state index contributed by atoms with van der Waals surface area (Å²) in [5, 5.41) is 3.43. The van der Waals surface area contributed by atoms with Gasteiger partial charge in [-0.05, 0) is 33.9 Å². The summed E-state index contributed by atoms with van der Waals surface area (Å²) in [6.45, 7) is 6.82. The van der Waals surface area contributed by atoms with E-state index in [1.54, 1.807) is 0 Å². The zero-order valence-corrected chi connectivity index (χ0v) is 6.57. The van der Waals surface area contributed by atoms with Gasteiger partial charge in [0.05, 0.1) is 5.66 Å². The summed E-state index contributed by atoms with van der Waals surface area (Å²) in [6.07, 6.45) is 1.28. The Hall–Kier alpha value is -0.0800. The maximum atomic E-state index is 3.43. The van der Waals surface area contributed by atoms with Gasteiger partial charge in [0.15, 0.2) is 0 Å². The van der Waals surface area contributed by atoms with E-state index in [-0.39, 0.29) is 5.66 Å². The third-order valence-corrected chi connectivity index (χ3v) is 2.18. The van der Waals surface area contributed by atoms with E-state index < -0.39 is 0 Å². The number of rotatable bonds is 0. The summed E-state index contributed by atoms with van der Waals surface area (Å²) in [4.78, 5) is 2.34. The summed E-state index contributed by atoms with van der Waals surface area (Å²) < 4.78 is 0. The monoisotopic (exact) mass is 128 g/mol. The lowest BCUT2D eigenvalue weighted by Gasteiger charge is -2.40. The fourth-order valence-corrected chi connectivity index (χ4v) is 1.12. The third kappa shape index (κ3) is 1.43. The van der Waals surface area contributed by atoms with Gasteiger partial charge in [-0.15, -0.1) is 0 Å². The predicted octanol–water partition coefficient (Wildman–Crippen LogP) is 0.648. The second-order valence-corrected chi connectivity index (χ2v) is 3.26. The minimum Gasteiger partial charge on any atom is -0.300 e. The number of nitrogens with zero attached hydrogens (tertiary/aromatic N) is 1. The summed E-state index contributed by atoms with van der Waals surface area (Å²) in [6, 6.07) is 0. The molecule has 2 heteroatoms. The van der Waals surface area contributed by atoms with Crippen molar-refractivity contribution in [3.63, 3.8) is 0 Å². The molecular formula is C7H16N2. The van der Waals surface area contributed by atoms with Crippen LogP contribution in [0.2, 0.25) is 0 Å². The molecule has 0 bridgehead atoms. The van der Waals surface area contributed by atoms with Crippen LogP contribution < -0.4 is 5.32 Å². The van der Waals surface area contributed by atoms with E-state index in [1.807, 2.05) is 0 Å². The second kappa shape index (κ2) is 2.27. The highest BCUT2D eigenvalue weighted by Gasteiger charge is 2.24. The van der Waals surface area contributed by atoms with Crippen molar-refractivity contribution in [2.45, 2.75) is 25.9 Å². The minimum atomic E-state index is 0.220. The average Bonchev–Trinajstić information content (AvgIpc) is 1.77. The fourth-order valence-electron chi connectivity index (χ4n) is 1.12. The molecule has 0 unspecified atom stereocenters. The van der Waals surface area contributed by atoms with Crippen LogP contribution in [0.3, 0.4) is 0 Å². The maximum Gasteiger partial charge on any atom is 0.0651 e. The van der Waals surface area contributed by atoms with Crippen LogP contribution in [0.5, 0.6) is 0 Å². The number of nitrogens with one attached hydrogen (secondary N) is 1. The Morgan fingerprint density at radius 3 is 2.44 bits per heavy atom. The van der Waals surface area contributed by atoms with Crippen molar-refractivity contribution >= 4 is 0 Å². The van der Waals surface area contributed by atoms with Crippen LogP contribution in [0.15, 0.2) is 0 Å². The molecule has 1 saturated heterocycles. The van der Waals surface area contributed by atoms with Gasteiger partial charge in [-0.2, -0.15) is 0 Å². The van der Waals surface area contributed by atoms with Gasteiger partial charge in [-0.25, -0.2) is 0 Å². The Labute approximate surface area is 57.2 Å². The average molecular weight is 128 g/mol. The molecule has 0 spiro atoms. The van der Waals surface area contributed by atoms with E-state index in [0.717, 1.165) is 6.54 Å². The smallest absolute Gasteiger partial charge is 0.0651 e. The Balaban J connectivity index is 2.49. The second-order valence-electron chi connectivity index (χ2n) is 3.26. The normalized spacial score (nSPS) is 28.3. The molecule has 0 aromatic heterocycles. The SMILES string of the molecule is CN1CCCNC1(C)C. The van der Waals surface area contributed by atoms with Crippen LogP contribution >= 0.6 is 0 Å². The van der Waals surface area contributed by atoms with Crippen molar-refractivity contribution in [2.24, 2.45) is 0 Å². The van der Waals surface area contributed by atoms with Crippen molar-refractivity contribution < 1.29 is 0 Å². The molecule has 1 N–H and O–H groups in total. The van der Waals surface area contributed by atoms with Crippen molar-refractivity contribution in [1.82, 2.24) is 10.2 Å². The Bertz CT molecular complexity index is 99.1. The van der Waals surface area contributed by atoms with Gasteiger partial charge in [-0.3, -0.25) is 10.2 Å². The molecule has 9 heavy (non-hydrogen) atoms. The summed E-state index contributed by atoms with van der Waals surface area (Å²) >= 11 is 0. The van der Waals surface area contributed by atoms with Crippen LogP contribution in [0.25, 0.3) is 0 Å². The first-order valence-corrected chi connectivity index (χ1v) is 3.59. The number of hydrogen-bond donors (Lipinski definition) is 1. The van der Waals surface area contributed by atoms with E-state index in [2.05, 4.69) is 31.1 Å². The van der Waals surface area contributed by atoms with E-state index in [9.17, 15) is 0 Å². The van der Waals surface area contributed by atoms with E-state index >= 15 is 0 Å². The number of hydrogen-bond acceptors (Lipinski definition) is 2. The van der Waals surface area contributed by atoms with Gasteiger partial charge in [0.2, 0.25) is 0 Å². The maximum absolute atomic E-state index is 3.43. The van der Waals surface area contributed by atoms with Gasteiger partial charge in [0.25, 0.3) is 0 Å². The zero-order chi connectivity index (χ0) is 6.91. The van der Waals surface area contributed by atoms with Gasteiger partial charge in [0.1, 0.15) is 0 Å². The fraction of sp³-hybridized carbons (Fsp3) is 1.00. The largest absolute Gasteiger partial charge is 0.300 e. The molecule has 0 radical (unpaired) electrons. The van der Waals surface area contributed by atoms with Gasteiger partial charge >= 0.3 is 0 Å². The molecule has 54 valence electrons. The molecule has 1 aliphatic heterocycles. The molecule has 0 saturated carbocycles. The molecular weight excluding hydrogens is 112 g/mol. The van der Waals surface area contributed by atoms with Crippen LogP contribution in [-0.2, 0) is 0 Å². The van der Waals surface area contributed by atoms with Crippen molar-refractivity contribution in [1.29, 1.82) is 0 Å². The molecule has 0 atom stereocenters. The Morgan fingerprint density at radius 2 is 2.11 bits per heavy atom. The summed E-state index contributed by atoms with van der Waals surface area (Å²) in [5.74, 6) is 0. The van der Waals surface area contributed by atoms with E-state index in [1.165, 1.54) is 13.0 Å². The predicted molar refractivity (Wildman–Crippen MR) is 39.3 cm³/mol. The van der Waals surface area contributed by atoms with E-state index in [0.29, 0.717) is 0 Å². The zero-order valence-electron chi connectivity index (χ0n) is 6.57. The minimum absolute atomic E-state index is 0.220. The highest BCUT2D eigenvalue weighted by Crippen LogP contribution is 2.11. The van der Waals surface area contributed by atoms with Crippen molar-refractivity contribution in [2.75, 3.05) is 20.1 Å². The Morgan fingerprint density at radius 1 is 1.44 bits per heavy atom.